The molecule has 2 aromatic carbocycles. The molecule has 1 aromatic heterocycles. The Morgan fingerprint density at radius 2 is 1.96 bits per heavy atom. The molecule has 1 amide bonds. The summed E-state index contributed by atoms with van der Waals surface area (Å²) >= 11 is 3.44. The molecule has 25 heavy (non-hydrogen) atoms. The van der Waals surface area contributed by atoms with Crippen LogP contribution in [0, 0.1) is 6.92 Å². The zero-order chi connectivity index (χ0) is 17.8. The second kappa shape index (κ2) is 7.53. The smallest absolute Gasteiger partial charge is 0.230 e. The number of carbonyl (C=O) groups is 1. The number of methoxy groups -OCH3 is 1. The number of benzene rings is 2. The summed E-state index contributed by atoms with van der Waals surface area (Å²) in [7, 11) is 1.62. The van der Waals surface area contributed by atoms with E-state index in [9.17, 15) is 4.79 Å². The van der Waals surface area contributed by atoms with Gasteiger partial charge in [0.2, 0.25) is 5.91 Å². The summed E-state index contributed by atoms with van der Waals surface area (Å²) in [6, 6.07) is 14.9. The number of amides is 1. The SMILES string of the molecule is COc1ccc(-c2cc(CC(=O)Nc3ccc(Br)c(C)c3)no2)cc1. The van der Waals surface area contributed by atoms with Gasteiger partial charge in [-0.1, -0.05) is 21.1 Å². The van der Waals surface area contributed by atoms with Crippen molar-refractivity contribution in [3.8, 4) is 17.1 Å². The van der Waals surface area contributed by atoms with Crippen LogP contribution in [0.3, 0.4) is 0 Å². The largest absolute Gasteiger partial charge is 0.497 e. The number of rotatable bonds is 5. The summed E-state index contributed by atoms with van der Waals surface area (Å²) in [5.74, 6) is 1.24. The molecule has 0 aliphatic rings. The number of carbonyl (C=O) groups excluding carboxylic acids is 1. The fourth-order valence-electron chi connectivity index (χ4n) is 2.38. The fourth-order valence-corrected chi connectivity index (χ4v) is 2.63. The van der Waals surface area contributed by atoms with Gasteiger partial charge in [0, 0.05) is 21.8 Å². The van der Waals surface area contributed by atoms with Gasteiger partial charge in [-0.2, -0.15) is 0 Å². The lowest BCUT2D eigenvalue weighted by Gasteiger charge is -2.06. The van der Waals surface area contributed by atoms with Crippen LogP contribution in [-0.2, 0) is 11.2 Å². The van der Waals surface area contributed by atoms with E-state index < -0.39 is 0 Å². The lowest BCUT2D eigenvalue weighted by molar-refractivity contribution is -0.115. The average molecular weight is 401 g/mol. The van der Waals surface area contributed by atoms with E-state index in [0.717, 1.165) is 27.0 Å². The van der Waals surface area contributed by atoms with Crippen LogP contribution in [0.25, 0.3) is 11.3 Å². The van der Waals surface area contributed by atoms with Gasteiger partial charge in [0.1, 0.15) is 5.75 Å². The number of ether oxygens (including phenoxy) is 1. The molecule has 5 nitrogen and oxygen atoms in total. The Bertz CT molecular complexity index is 888. The molecule has 128 valence electrons. The predicted molar refractivity (Wildman–Crippen MR) is 99.7 cm³/mol. The summed E-state index contributed by atoms with van der Waals surface area (Å²) in [4.78, 5) is 12.2. The van der Waals surface area contributed by atoms with E-state index in [1.165, 1.54) is 0 Å². The lowest BCUT2D eigenvalue weighted by Crippen LogP contribution is -2.14. The van der Waals surface area contributed by atoms with Crippen molar-refractivity contribution in [3.05, 3.63) is 64.3 Å². The fraction of sp³-hybridized carbons (Fsp3) is 0.158. The first kappa shape index (κ1) is 17.2. The van der Waals surface area contributed by atoms with Crippen LogP contribution in [0.1, 0.15) is 11.3 Å². The summed E-state index contributed by atoms with van der Waals surface area (Å²) in [6.07, 6.45) is 0.148. The minimum atomic E-state index is -0.142. The molecular weight excluding hydrogens is 384 g/mol. The molecule has 1 heterocycles. The molecule has 0 saturated carbocycles. The van der Waals surface area contributed by atoms with E-state index in [4.69, 9.17) is 9.26 Å². The highest BCUT2D eigenvalue weighted by atomic mass is 79.9. The Kier molecular flexibility index (Phi) is 5.19. The number of nitrogens with one attached hydrogen (secondary N) is 1. The quantitative estimate of drug-likeness (QED) is 0.679. The Labute approximate surface area is 154 Å². The van der Waals surface area contributed by atoms with Gasteiger partial charge in [0.15, 0.2) is 5.76 Å². The van der Waals surface area contributed by atoms with Crippen LogP contribution >= 0.6 is 15.9 Å². The summed E-state index contributed by atoms with van der Waals surface area (Å²) in [5.41, 5.74) is 3.27. The lowest BCUT2D eigenvalue weighted by atomic mass is 10.1. The summed E-state index contributed by atoms with van der Waals surface area (Å²) in [5, 5.41) is 6.84. The maximum atomic E-state index is 12.2. The van der Waals surface area contributed by atoms with E-state index >= 15 is 0 Å². The van der Waals surface area contributed by atoms with Crippen molar-refractivity contribution >= 4 is 27.5 Å². The highest BCUT2D eigenvalue weighted by Gasteiger charge is 2.11. The Morgan fingerprint density at radius 1 is 1.20 bits per heavy atom. The van der Waals surface area contributed by atoms with Crippen molar-refractivity contribution < 1.29 is 14.1 Å². The Hall–Kier alpha value is -2.60. The van der Waals surface area contributed by atoms with Gasteiger partial charge in [-0.25, -0.2) is 0 Å². The Balaban J connectivity index is 1.65. The third-order valence-electron chi connectivity index (χ3n) is 3.72. The minimum absolute atomic E-state index is 0.142. The maximum Gasteiger partial charge on any atom is 0.230 e. The first-order chi connectivity index (χ1) is 12.0. The number of anilines is 1. The zero-order valence-electron chi connectivity index (χ0n) is 13.9. The molecule has 3 rings (SSSR count). The van der Waals surface area contributed by atoms with Crippen LogP contribution in [0.15, 0.2) is 57.5 Å². The number of nitrogens with zero attached hydrogens (tertiary/aromatic N) is 1. The second-order valence-electron chi connectivity index (χ2n) is 5.60. The summed E-state index contributed by atoms with van der Waals surface area (Å²) < 4.78 is 11.5. The molecule has 0 fully saturated rings. The number of hydrogen-bond donors (Lipinski definition) is 1. The first-order valence-corrected chi connectivity index (χ1v) is 8.50. The zero-order valence-corrected chi connectivity index (χ0v) is 15.5. The van der Waals surface area contributed by atoms with E-state index in [-0.39, 0.29) is 12.3 Å². The van der Waals surface area contributed by atoms with E-state index in [1.54, 1.807) is 13.2 Å². The van der Waals surface area contributed by atoms with Gasteiger partial charge >= 0.3 is 0 Å². The third-order valence-corrected chi connectivity index (χ3v) is 4.61. The molecule has 0 saturated heterocycles. The molecule has 0 atom stereocenters. The van der Waals surface area contributed by atoms with Crippen LogP contribution in [0.5, 0.6) is 5.75 Å². The second-order valence-corrected chi connectivity index (χ2v) is 6.45. The van der Waals surface area contributed by atoms with Crippen LogP contribution in [0.2, 0.25) is 0 Å². The molecule has 0 unspecified atom stereocenters. The number of aryl methyl sites for hydroxylation is 1. The van der Waals surface area contributed by atoms with Gasteiger partial charge in [0.05, 0.1) is 19.2 Å². The topological polar surface area (TPSA) is 64.4 Å². The summed E-state index contributed by atoms with van der Waals surface area (Å²) in [6.45, 7) is 1.97. The van der Waals surface area contributed by atoms with Crippen molar-refractivity contribution in [2.24, 2.45) is 0 Å². The van der Waals surface area contributed by atoms with Gasteiger partial charge in [-0.15, -0.1) is 0 Å². The molecule has 1 N–H and O–H groups in total. The molecule has 3 aromatic rings. The van der Waals surface area contributed by atoms with Gasteiger partial charge in [-0.05, 0) is 55.0 Å². The molecule has 0 bridgehead atoms. The van der Waals surface area contributed by atoms with Crippen LogP contribution in [-0.4, -0.2) is 18.2 Å². The minimum Gasteiger partial charge on any atom is -0.497 e. The van der Waals surface area contributed by atoms with Crippen molar-refractivity contribution in [1.29, 1.82) is 0 Å². The van der Waals surface area contributed by atoms with Crippen molar-refractivity contribution in [3.63, 3.8) is 0 Å². The van der Waals surface area contributed by atoms with E-state index in [2.05, 4.69) is 26.4 Å². The highest BCUT2D eigenvalue weighted by molar-refractivity contribution is 9.10. The van der Waals surface area contributed by atoms with Gasteiger partial charge in [0.25, 0.3) is 0 Å². The monoisotopic (exact) mass is 400 g/mol. The Morgan fingerprint density at radius 3 is 2.64 bits per heavy atom. The van der Waals surface area contributed by atoms with Crippen LogP contribution < -0.4 is 10.1 Å². The highest BCUT2D eigenvalue weighted by Crippen LogP contribution is 2.24. The first-order valence-electron chi connectivity index (χ1n) is 7.71. The molecule has 0 spiro atoms. The van der Waals surface area contributed by atoms with Gasteiger partial charge < -0.3 is 14.6 Å². The molecule has 6 heteroatoms. The normalized spacial score (nSPS) is 10.5. The number of halogens is 1. The average Bonchev–Trinajstić information content (AvgIpc) is 3.06. The molecule has 0 radical (unpaired) electrons. The van der Waals surface area contributed by atoms with Crippen molar-refractivity contribution in [1.82, 2.24) is 5.16 Å². The van der Waals surface area contributed by atoms with Crippen LogP contribution in [0.4, 0.5) is 5.69 Å². The van der Waals surface area contributed by atoms with Crippen molar-refractivity contribution in [2.75, 3.05) is 12.4 Å². The number of hydrogen-bond acceptors (Lipinski definition) is 4. The molecular formula is C19H17BrN2O3. The predicted octanol–water partition coefficient (Wildman–Crippen LogP) is 4.60. The van der Waals surface area contributed by atoms with Gasteiger partial charge in [-0.3, -0.25) is 4.79 Å². The third kappa shape index (κ3) is 4.28. The number of aromatic nitrogens is 1. The molecule has 0 aliphatic carbocycles. The molecule has 0 aliphatic heterocycles. The van der Waals surface area contributed by atoms with E-state index in [0.29, 0.717) is 11.5 Å². The van der Waals surface area contributed by atoms with E-state index in [1.807, 2.05) is 49.4 Å². The maximum absolute atomic E-state index is 12.2. The standard InChI is InChI=1S/C19H17BrN2O3/c1-12-9-14(5-8-17(12)20)21-19(23)11-15-10-18(25-22-15)13-3-6-16(24-2)7-4-13/h3-10H,11H2,1-2H3,(H,21,23). The van der Waals surface area contributed by atoms with Crippen molar-refractivity contribution in [2.45, 2.75) is 13.3 Å².